The molecular formula is C28H29N3O7. The van der Waals surface area contributed by atoms with Crippen LogP contribution in [0.15, 0.2) is 51.8 Å². The first-order chi connectivity index (χ1) is 18.2. The molecule has 0 aliphatic carbocycles. The van der Waals surface area contributed by atoms with Gasteiger partial charge in [0, 0.05) is 41.0 Å². The van der Waals surface area contributed by atoms with Crippen molar-refractivity contribution >= 4 is 39.7 Å². The number of amides is 2. The van der Waals surface area contributed by atoms with Crippen LogP contribution in [-0.2, 0) is 27.2 Å². The monoisotopic (exact) mass is 519 g/mol. The van der Waals surface area contributed by atoms with E-state index in [1.54, 1.807) is 32.2 Å². The molecule has 0 fully saturated rings. The largest absolute Gasteiger partial charge is 0.496 e. The summed E-state index contributed by atoms with van der Waals surface area (Å²) in [5.41, 5.74) is 2.93. The Kier molecular flexibility index (Phi) is 7.80. The van der Waals surface area contributed by atoms with Crippen LogP contribution in [0.4, 0.5) is 0 Å². The standard InChI is InChI=1S/C28H29N3O7/c1-15-18-8-9-23(37-3)16(2)26(18)38-28(36)20(15)13-24(32)31-22(27(35)29-11-10-25(33)34)12-17-14-30-21-7-5-4-6-19(17)21/h4-9,14,22,30H,10-13H2,1-3H3,(H,29,35)(H,31,32)(H,33,34)/t22-/m0/s1. The predicted molar refractivity (Wildman–Crippen MR) is 141 cm³/mol. The summed E-state index contributed by atoms with van der Waals surface area (Å²) in [6.45, 7) is 3.45. The Morgan fingerprint density at radius 1 is 1.08 bits per heavy atom. The van der Waals surface area contributed by atoms with Gasteiger partial charge in [0.25, 0.3) is 0 Å². The summed E-state index contributed by atoms with van der Waals surface area (Å²) >= 11 is 0. The van der Waals surface area contributed by atoms with E-state index in [0.717, 1.165) is 16.5 Å². The Labute approximate surface area is 218 Å². The van der Waals surface area contributed by atoms with Gasteiger partial charge in [0.05, 0.1) is 25.5 Å². The second kappa shape index (κ2) is 11.2. The highest BCUT2D eigenvalue weighted by molar-refractivity contribution is 5.91. The highest BCUT2D eigenvalue weighted by Gasteiger charge is 2.24. The molecule has 0 saturated carbocycles. The molecule has 0 bridgehead atoms. The van der Waals surface area contributed by atoms with Crippen molar-refractivity contribution < 1.29 is 28.6 Å². The predicted octanol–water partition coefficient (Wildman–Crippen LogP) is 2.76. The maximum atomic E-state index is 13.1. The van der Waals surface area contributed by atoms with Gasteiger partial charge in [-0.15, -0.1) is 0 Å². The summed E-state index contributed by atoms with van der Waals surface area (Å²) in [6, 6.07) is 10.1. The van der Waals surface area contributed by atoms with Crippen LogP contribution in [0, 0.1) is 13.8 Å². The zero-order valence-electron chi connectivity index (χ0n) is 21.3. The number of aliphatic carboxylic acids is 1. The molecule has 10 heteroatoms. The highest BCUT2D eigenvalue weighted by Crippen LogP contribution is 2.29. The average molecular weight is 520 g/mol. The lowest BCUT2D eigenvalue weighted by atomic mass is 10.0. The number of carboxylic acids is 1. The fraction of sp³-hybridized carbons (Fsp3) is 0.286. The lowest BCUT2D eigenvalue weighted by molar-refractivity contribution is -0.137. The van der Waals surface area contributed by atoms with Gasteiger partial charge in [-0.1, -0.05) is 18.2 Å². The molecule has 2 amide bonds. The number of benzene rings is 2. The van der Waals surface area contributed by atoms with Gasteiger partial charge in [0.15, 0.2) is 0 Å². The van der Waals surface area contributed by atoms with Gasteiger partial charge in [-0.2, -0.15) is 0 Å². The number of H-pyrrole nitrogens is 1. The van der Waals surface area contributed by atoms with E-state index in [4.69, 9.17) is 14.3 Å². The molecule has 2 heterocycles. The minimum Gasteiger partial charge on any atom is -0.496 e. The zero-order valence-corrected chi connectivity index (χ0v) is 21.3. The van der Waals surface area contributed by atoms with Crippen molar-refractivity contribution in [1.82, 2.24) is 15.6 Å². The van der Waals surface area contributed by atoms with Crippen molar-refractivity contribution in [3.05, 3.63) is 75.3 Å². The first kappa shape index (κ1) is 26.5. The number of aromatic amines is 1. The maximum absolute atomic E-state index is 13.1. The van der Waals surface area contributed by atoms with Crippen LogP contribution in [0.2, 0.25) is 0 Å². The minimum atomic E-state index is -1.05. The van der Waals surface area contributed by atoms with Crippen molar-refractivity contribution in [2.75, 3.05) is 13.7 Å². The Hall–Kier alpha value is -4.60. The number of fused-ring (bicyclic) bond motifs is 2. The normalized spacial score (nSPS) is 11.9. The first-order valence-corrected chi connectivity index (χ1v) is 12.1. The third-order valence-corrected chi connectivity index (χ3v) is 6.60. The summed E-state index contributed by atoms with van der Waals surface area (Å²) in [5.74, 6) is -1.52. The van der Waals surface area contributed by atoms with Crippen LogP contribution < -0.4 is 21.0 Å². The molecule has 0 unspecified atom stereocenters. The summed E-state index contributed by atoms with van der Waals surface area (Å²) in [6.07, 6.45) is 1.40. The minimum absolute atomic E-state index is 0.0788. The smallest absolute Gasteiger partial charge is 0.340 e. The molecule has 2 aromatic heterocycles. The molecule has 38 heavy (non-hydrogen) atoms. The Bertz CT molecular complexity index is 1580. The van der Waals surface area contributed by atoms with Gasteiger partial charge in [0.2, 0.25) is 11.8 Å². The van der Waals surface area contributed by atoms with Crippen molar-refractivity contribution in [3.8, 4) is 5.75 Å². The van der Waals surface area contributed by atoms with Gasteiger partial charge in [-0.05, 0) is 43.2 Å². The fourth-order valence-electron chi connectivity index (χ4n) is 4.55. The topological polar surface area (TPSA) is 151 Å². The molecule has 4 aromatic rings. The number of para-hydroxylation sites is 1. The lowest BCUT2D eigenvalue weighted by Gasteiger charge is -2.19. The number of carbonyl (C=O) groups is 3. The molecule has 0 saturated heterocycles. The number of methoxy groups -OCH3 is 1. The third-order valence-electron chi connectivity index (χ3n) is 6.60. The highest BCUT2D eigenvalue weighted by atomic mass is 16.5. The molecule has 0 radical (unpaired) electrons. The second-order valence-corrected chi connectivity index (χ2v) is 9.06. The van der Waals surface area contributed by atoms with Crippen LogP contribution in [-0.4, -0.2) is 47.6 Å². The SMILES string of the molecule is COc1ccc2c(C)c(CC(=O)N[C@@H](Cc3c[nH]c4ccccc34)C(=O)NCCC(=O)O)c(=O)oc2c1C. The zero-order chi connectivity index (χ0) is 27.4. The van der Waals surface area contributed by atoms with E-state index >= 15 is 0 Å². The first-order valence-electron chi connectivity index (χ1n) is 12.1. The van der Waals surface area contributed by atoms with E-state index in [2.05, 4.69) is 15.6 Å². The van der Waals surface area contributed by atoms with Crippen molar-refractivity contribution in [2.24, 2.45) is 0 Å². The molecule has 0 aliphatic heterocycles. The number of nitrogens with one attached hydrogen (secondary N) is 3. The molecule has 0 aliphatic rings. The number of aromatic nitrogens is 1. The van der Waals surface area contributed by atoms with E-state index in [9.17, 15) is 19.2 Å². The van der Waals surface area contributed by atoms with Gasteiger partial charge in [-0.3, -0.25) is 14.4 Å². The molecule has 1 atom stereocenters. The van der Waals surface area contributed by atoms with E-state index in [1.807, 2.05) is 24.3 Å². The number of carboxylic acid groups (broad SMARTS) is 1. The van der Waals surface area contributed by atoms with Crippen molar-refractivity contribution in [1.29, 1.82) is 0 Å². The van der Waals surface area contributed by atoms with E-state index in [1.165, 1.54) is 7.11 Å². The van der Waals surface area contributed by atoms with Gasteiger partial charge >= 0.3 is 11.6 Å². The summed E-state index contributed by atoms with van der Waals surface area (Å²) in [4.78, 5) is 52.9. The molecular weight excluding hydrogens is 490 g/mol. The number of carbonyl (C=O) groups excluding carboxylic acids is 2. The second-order valence-electron chi connectivity index (χ2n) is 9.06. The Morgan fingerprint density at radius 2 is 1.84 bits per heavy atom. The van der Waals surface area contributed by atoms with Crippen molar-refractivity contribution in [3.63, 3.8) is 0 Å². The average Bonchev–Trinajstić information content (AvgIpc) is 3.29. The molecule has 4 rings (SSSR count). The van der Waals surface area contributed by atoms with E-state index in [-0.39, 0.29) is 31.4 Å². The molecule has 2 aromatic carbocycles. The molecule has 4 N–H and O–H groups in total. The van der Waals surface area contributed by atoms with Crippen LogP contribution in [0.1, 0.15) is 28.7 Å². The van der Waals surface area contributed by atoms with Crippen molar-refractivity contribution in [2.45, 2.75) is 39.2 Å². The number of hydrogen-bond acceptors (Lipinski definition) is 6. The van der Waals surface area contributed by atoms with Crippen LogP contribution in [0.3, 0.4) is 0 Å². The number of ether oxygens (including phenoxy) is 1. The lowest BCUT2D eigenvalue weighted by Crippen LogP contribution is -2.49. The Balaban J connectivity index is 1.58. The van der Waals surface area contributed by atoms with E-state index in [0.29, 0.717) is 27.8 Å². The summed E-state index contributed by atoms with van der Waals surface area (Å²) in [5, 5.41) is 15.8. The van der Waals surface area contributed by atoms with Crippen LogP contribution in [0.25, 0.3) is 21.9 Å². The molecule has 0 spiro atoms. The van der Waals surface area contributed by atoms with Gasteiger partial charge < -0.3 is 29.9 Å². The van der Waals surface area contributed by atoms with Crippen LogP contribution >= 0.6 is 0 Å². The third kappa shape index (κ3) is 5.54. The summed E-state index contributed by atoms with van der Waals surface area (Å²) < 4.78 is 10.9. The summed E-state index contributed by atoms with van der Waals surface area (Å²) in [7, 11) is 1.53. The molecule has 198 valence electrons. The molecule has 10 nitrogen and oxygen atoms in total. The van der Waals surface area contributed by atoms with Gasteiger partial charge in [0.1, 0.15) is 17.4 Å². The number of rotatable bonds is 10. The number of aryl methyl sites for hydroxylation is 2. The van der Waals surface area contributed by atoms with Gasteiger partial charge in [-0.25, -0.2) is 4.79 Å². The maximum Gasteiger partial charge on any atom is 0.340 e. The fourth-order valence-corrected chi connectivity index (χ4v) is 4.55. The Morgan fingerprint density at radius 3 is 2.58 bits per heavy atom. The van der Waals surface area contributed by atoms with Crippen LogP contribution in [0.5, 0.6) is 5.75 Å². The number of hydrogen-bond donors (Lipinski definition) is 4. The quantitative estimate of drug-likeness (QED) is 0.235. The van der Waals surface area contributed by atoms with E-state index < -0.39 is 29.5 Å².